The Morgan fingerprint density at radius 1 is 0.579 bits per heavy atom. The second kappa shape index (κ2) is 10.1. The molecule has 0 saturated carbocycles. The second-order valence-electron chi connectivity index (χ2n) is 15.6. The predicted molar refractivity (Wildman–Crippen MR) is 170 cm³/mol. The summed E-state index contributed by atoms with van der Waals surface area (Å²) in [4.78, 5) is 0. The molecule has 0 unspecified atom stereocenters. The van der Waals surface area contributed by atoms with E-state index >= 15 is 0 Å². The number of rotatable bonds is 4. The normalized spacial score (nSPS) is 19.0. The Morgan fingerprint density at radius 3 is 1.21 bits per heavy atom. The van der Waals surface area contributed by atoms with Gasteiger partial charge in [0.2, 0.25) is 0 Å². The summed E-state index contributed by atoms with van der Waals surface area (Å²) < 4.78 is 15.7. The van der Waals surface area contributed by atoms with Crippen LogP contribution in [0.5, 0.6) is 0 Å². The third-order valence-corrected chi connectivity index (χ3v) is 32.2. The molecular weight excluding hydrogens is 570 g/mol. The third-order valence-electron chi connectivity index (χ3n) is 9.21. The van der Waals surface area contributed by atoms with Gasteiger partial charge in [-0.1, -0.05) is 0 Å². The number of hydrogen-bond acceptors (Lipinski definition) is 2. The van der Waals surface area contributed by atoms with Crippen molar-refractivity contribution in [1.82, 2.24) is 0 Å². The molecule has 1 aliphatic heterocycles. The van der Waals surface area contributed by atoms with E-state index in [2.05, 4.69) is 152 Å². The van der Waals surface area contributed by atoms with Crippen molar-refractivity contribution in [2.75, 3.05) is 0 Å². The van der Waals surface area contributed by atoms with Crippen LogP contribution in [-0.4, -0.2) is 36.7 Å². The van der Waals surface area contributed by atoms with E-state index in [4.69, 9.17) is 9.31 Å². The van der Waals surface area contributed by atoms with Crippen LogP contribution < -0.4 is 0 Å². The van der Waals surface area contributed by atoms with E-state index in [1.54, 1.807) is 0 Å². The summed E-state index contributed by atoms with van der Waals surface area (Å²) in [5.74, 6) is 0. The van der Waals surface area contributed by atoms with Crippen LogP contribution in [0.3, 0.4) is 0 Å². The van der Waals surface area contributed by atoms with Crippen LogP contribution in [0.2, 0.25) is 10.3 Å². The minimum atomic E-state index is -3.62. The van der Waals surface area contributed by atoms with Crippen LogP contribution in [0.25, 0.3) is 9.06 Å². The molecule has 4 heteroatoms. The maximum atomic E-state index is 6.92. The molecule has 0 atom stereocenters. The molecule has 1 aliphatic rings. The van der Waals surface area contributed by atoms with E-state index in [1.165, 1.54) is 31.3 Å². The van der Waals surface area contributed by atoms with Gasteiger partial charge in [-0.15, -0.1) is 0 Å². The molecule has 2 aromatic carbocycles. The Labute approximate surface area is 239 Å². The Morgan fingerprint density at radius 2 is 0.895 bits per heavy atom. The summed E-state index contributed by atoms with van der Waals surface area (Å²) >= 11 is -3.62. The van der Waals surface area contributed by atoms with Crippen molar-refractivity contribution in [2.45, 2.75) is 125 Å². The van der Waals surface area contributed by atoms with Crippen LogP contribution in [0.1, 0.15) is 112 Å². The van der Waals surface area contributed by atoms with Crippen molar-refractivity contribution in [3.05, 3.63) is 70.8 Å². The van der Waals surface area contributed by atoms with Gasteiger partial charge < -0.3 is 0 Å². The summed E-state index contributed by atoms with van der Waals surface area (Å²) in [5.41, 5.74) is 5.48. The summed E-state index contributed by atoms with van der Waals surface area (Å²) in [5, 5.41) is 0. The Bertz CT molecular complexity index is 1120. The average molecular weight is 623 g/mol. The molecule has 0 N–H and O–H groups in total. The topological polar surface area (TPSA) is 18.5 Å². The van der Waals surface area contributed by atoms with Gasteiger partial charge in [-0.05, 0) is 0 Å². The SMILES string of the molecule is Cc1ccc(/C(B2OC(C)(C)C(C)(C)O2)=[C](\c2ccc(C)cc2)[Sn]([C](C)(C)C)([C](C)(C)C)[C](C)(C)C)cc1. The fourth-order valence-corrected chi connectivity index (χ4v) is 37.2. The molecule has 2 aromatic rings. The molecular formula is C34H53BO2Sn. The van der Waals surface area contributed by atoms with Crippen molar-refractivity contribution in [1.29, 1.82) is 0 Å². The van der Waals surface area contributed by atoms with E-state index in [9.17, 15) is 0 Å². The van der Waals surface area contributed by atoms with Crippen molar-refractivity contribution in [3.8, 4) is 0 Å². The molecule has 3 rings (SSSR count). The van der Waals surface area contributed by atoms with Crippen molar-refractivity contribution < 1.29 is 9.31 Å². The molecule has 38 heavy (non-hydrogen) atoms. The van der Waals surface area contributed by atoms with E-state index in [0.717, 1.165) is 0 Å². The molecule has 0 aromatic heterocycles. The molecule has 0 spiro atoms. The van der Waals surface area contributed by atoms with Crippen LogP contribution in [-0.2, 0) is 9.31 Å². The second-order valence-corrected chi connectivity index (χ2v) is 34.2. The van der Waals surface area contributed by atoms with E-state index in [0.29, 0.717) is 0 Å². The zero-order valence-electron chi connectivity index (χ0n) is 27.0. The molecule has 0 radical (unpaired) electrons. The van der Waals surface area contributed by atoms with E-state index in [-0.39, 0.29) is 10.3 Å². The first kappa shape index (κ1) is 31.5. The quantitative estimate of drug-likeness (QED) is 0.249. The maximum absolute atomic E-state index is 6.92. The van der Waals surface area contributed by atoms with Gasteiger partial charge in [-0.3, -0.25) is 0 Å². The van der Waals surface area contributed by atoms with Gasteiger partial charge in [-0.25, -0.2) is 0 Å². The minimum absolute atomic E-state index is 0.116. The zero-order chi connectivity index (χ0) is 29.1. The van der Waals surface area contributed by atoms with Gasteiger partial charge in [0.15, 0.2) is 0 Å². The Balaban J connectivity index is 2.66. The van der Waals surface area contributed by atoms with E-state index in [1.807, 2.05) is 0 Å². The molecule has 2 nitrogen and oxygen atoms in total. The van der Waals surface area contributed by atoms with Crippen LogP contribution >= 0.6 is 0 Å². The van der Waals surface area contributed by atoms with Crippen LogP contribution in [0.15, 0.2) is 48.5 Å². The summed E-state index contributed by atoms with van der Waals surface area (Å²) in [7, 11) is -0.442. The van der Waals surface area contributed by atoms with E-state index < -0.39 is 36.7 Å². The van der Waals surface area contributed by atoms with Gasteiger partial charge in [0.05, 0.1) is 0 Å². The molecule has 1 saturated heterocycles. The predicted octanol–water partition coefficient (Wildman–Crippen LogP) is 10.2. The molecule has 1 fully saturated rings. The first-order valence-corrected chi connectivity index (χ1v) is 20.0. The van der Waals surface area contributed by atoms with Gasteiger partial charge in [0.1, 0.15) is 0 Å². The molecule has 1 heterocycles. The average Bonchev–Trinajstić information content (AvgIpc) is 2.93. The summed E-state index contributed by atoms with van der Waals surface area (Å²) in [6.07, 6.45) is 0. The number of aryl methyl sites for hydroxylation is 2. The fourth-order valence-electron chi connectivity index (χ4n) is 7.89. The van der Waals surface area contributed by atoms with Crippen LogP contribution in [0, 0.1) is 13.8 Å². The summed E-state index contributed by atoms with van der Waals surface area (Å²) in [6, 6.07) is 18.3. The van der Waals surface area contributed by atoms with Gasteiger partial charge >= 0.3 is 240 Å². The molecule has 208 valence electrons. The molecule has 0 bridgehead atoms. The van der Waals surface area contributed by atoms with Gasteiger partial charge in [0, 0.05) is 0 Å². The number of hydrogen-bond donors (Lipinski definition) is 0. The van der Waals surface area contributed by atoms with Crippen molar-refractivity contribution in [3.63, 3.8) is 0 Å². The summed E-state index contributed by atoms with van der Waals surface area (Å²) in [6.45, 7) is 35.5. The van der Waals surface area contributed by atoms with Gasteiger partial charge in [0.25, 0.3) is 0 Å². The van der Waals surface area contributed by atoms with Crippen molar-refractivity contribution >= 4 is 34.6 Å². The first-order chi connectivity index (χ1) is 17.1. The number of benzene rings is 2. The monoisotopic (exact) mass is 624 g/mol. The molecule has 0 aliphatic carbocycles. The standard InChI is InChI=1S/C22H26BO2.3C4H9.Sn/c1-16-7-11-18(12-8-16)15-20(19-13-9-17(2)10-14-19)23-24-21(3,4)22(5,6)25-23;3*1-4(2)3;/h7-14H,1-6H3;3*1-3H3;. The van der Waals surface area contributed by atoms with Crippen molar-refractivity contribution in [2.24, 2.45) is 0 Å². The van der Waals surface area contributed by atoms with Crippen LogP contribution in [0.4, 0.5) is 0 Å². The Hall–Kier alpha value is -1.04. The fraction of sp³-hybridized carbons (Fsp3) is 0.588. The first-order valence-electron chi connectivity index (χ1n) is 14.3. The third kappa shape index (κ3) is 5.33. The van der Waals surface area contributed by atoms with Gasteiger partial charge in [-0.2, -0.15) is 0 Å². The zero-order valence-corrected chi connectivity index (χ0v) is 29.9. The Kier molecular flexibility index (Phi) is 8.37. The molecule has 0 amide bonds.